The van der Waals surface area contributed by atoms with E-state index in [0.717, 1.165) is 38.3 Å². The van der Waals surface area contributed by atoms with Crippen LogP contribution in [0, 0.1) is 6.92 Å². The van der Waals surface area contributed by atoms with Gasteiger partial charge in [0, 0.05) is 62.9 Å². The molecule has 1 fully saturated rings. The Kier molecular flexibility index (Phi) is 6.40. The third kappa shape index (κ3) is 5.24. The lowest BCUT2D eigenvalue weighted by atomic mass is 10.1. The lowest BCUT2D eigenvalue weighted by Gasteiger charge is -2.36. The van der Waals surface area contributed by atoms with Gasteiger partial charge in [0.2, 0.25) is 0 Å². The van der Waals surface area contributed by atoms with Gasteiger partial charge >= 0.3 is 0 Å². The van der Waals surface area contributed by atoms with Gasteiger partial charge in [-0.1, -0.05) is 35.9 Å². The van der Waals surface area contributed by atoms with Gasteiger partial charge in [-0.15, -0.1) is 0 Å². The molecule has 0 atom stereocenters. The Balaban J connectivity index is 1.30. The molecule has 1 saturated heterocycles. The third-order valence-corrected chi connectivity index (χ3v) is 5.54. The van der Waals surface area contributed by atoms with Gasteiger partial charge in [0.15, 0.2) is 0 Å². The molecule has 1 N–H and O–H groups in total. The van der Waals surface area contributed by atoms with E-state index in [0.29, 0.717) is 12.1 Å². The maximum Gasteiger partial charge on any atom is 0.251 e. The minimum atomic E-state index is -0.0510. The number of aromatic nitrogens is 1. The van der Waals surface area contributed by atoms with Crippen molar-refractivity contribution in [3.63, 3.8) is 0 Å². The van der Waals surface area contributed by atoms with Crippen molar-refractivity contribution in [3.05, 3.63) is 95.3 Å². The van der Waals surface area contributed by atoms with E-state index in [4.69, 9.17) is 0 Å². The van der Waals surface area contributed by atoms with Crippen molar-refractivity contribution < 1.29 is 4.79 Å². The average molecular weight is 401 g/mol. The number of hydrogen-bond acceptors (Lipinski definition) is 4. The summed E-state index contributed by atoms with van der Waals surface area (Å²) in [5.74, 6) is -0.0510. The van der Waals surface area contributed by atoms with Gasteiger partial charge in [-0.25, -0.2) is 0 Å². The molecule has 2 heterocycles. The SMILES string of the molecule is Cc1ccc(N2CCN(Cc3cccc(C(=O)NCc4cccnc4)c3)CC2)cc1. The normalized spacial score (nSPS) is 14.5. The van der Waals surface area contributed by atoms with E-state index in [1.807, 2.05) is 30.3 Å². The smallest absolute Gasteiger partial charge is 0.251 e. The number of anilines is 1. The van der Waals surface area contributed by atoms with Gasteiger partial charge in [-0.05, 0) is 48.4 Å². The van der Waals surface area contributed by atoms with Crippen LogP contribution in [0.15, 0.2) is 73.1 Å². The second kappa shape index (κ2) is 9.55. The van der Waals surface area contributed by atoms with Crippen LogP contribution in [0.5, 0.6) is 0 Å². The van der Waals surface area contributed by atoms with Gasteiger partial charge in [-0.2, -0.15) is 0 Å². The number of carbonyl (C=O) groups excluding carboxylic acids is 1. The largest absolute Gasteiger partial charge is 0.369 e. The summed E-state index contributed by atoms with van der Waals surface area (Å²) in [4.78, 5) is 21.5. The molecule has 0 aliphatic carbocycles. The summed E-state index contributed by atoms with van der Waals surface area (Å²) < 4.78 is 0. The number of carbonyl (C=O) groups is 1. The van der Waals surface area contributed by atoms with Crippen LogP contribution < -0.4 is 10.2 Å². The number of benzene rings is 2. The Labute approximate surface area is 178 Å². The number of aryl methyl sites for hydroxylation is 1. The first-order valence-electron chi connectivity index (χ1n) is 10.5. The standard InChI is InChI=1S/C25H28N4O/c1-20-7-9-24(10-8-20)29-14-12-28(13-15-29)19-21-4-2-6-23(16-21)25(30)27-18-22-5-3-11-26-17-22/h2-11,16-17H,12-15,18-19H2,1H3,(H,27,30). The zero-order chi connectivity index (χ0) is 20.8. The third-order valence-electron chi connectivity index (χ3n) is 5.54. The molecule has 2 aromatic carbocycles. The molecule has 1 aromatic heterocycles. The van der Waals surface area contributed by atoms with Crippen molar-refractivity contribution in [2.45, 2.75) is 20.0 Å². The first-order chi connectivity index (χ1) is 14.7. The minimum Gasteiger partial charge on any atom is -0.369 e. The molecular formula is C25H28N4O. The van der Waals surface area contributed by atoms with Gasteiger partial charge in [0.1, 0.15) is 0 Å². The molecule has 1 aliphatic heterocycles. The fraction of sp³-hybridized carbons (Fsp3) is 0.280. The van der Waals surface area contributed by atoms with Crippen LogP contribution in [0.25, 0.3) is 0 Å². The highest BCUT2D eigenvalue weighted by atomic mass is 16.1. The molecule has 3 aromatic rings. The van der Waals surface area contributed by atoms with Crippen LogP contribution in [0.1, 0.15) is 27.0 Å². The van der Waals surface area contributed by atoms with Gasteiger partial charge in [0.25, 0.3) is 5.91 Å². The highest BCUT2D eigenvalue weighted by Crippen LogP contribution is 2.18. The Morgan fingerprint density at radius 1 is 0.967 bits per heavy atom. The fourth-order valence-electron chi connectivity index (χ4n) is 3.78. The summed E-state index contributed by atoms with van der Waals surface area (Å²) in [6, 6.07) is 20.5. The number of nitrogens with one attached hydrogen (secondary N) is 1. The van der Waals surface area contributed by atoms with Crippen LogP contribution in [0.2, 0.25) is 0 Å². The number of rotatable bonds is 6. The summed E-state index contributed by atoms with van der Waals surface area (Å²) >= 11 is 0. The highest BCUT2D eigenvalue weighted by molar-refractivity contribution is 5.94. The summed E-state index contributed by atoms with van der Waals surface area (Å²) in [7, 11) is 0. The van der Waals surface area contributed by atoms with Crippen molar-refractivity contribution in [1.82, 2.24) is 15.2 Å². The van der Waals surface area contributed by atoms with Crippen molar-refractivity contribution in [3.8, 4) is 0 Å². The molecule has 1 amide bonds. The van der Waals surface area contributed by atoms with E-state index < -0.39 is 0 Å². The molecule has 5 nitrogen and oxygen atoms in total. The van der Waals surface area contributed by atoms with Crippen LogP contribution in [0.3, 0.4) is 0 Å². The zero-order valence-corrected chi connectivity index (χ0v) is 17.4. The molecule has 0 spiro atoms. The molecule has 0 radical (unpaired) electrons. The monoisotopic (exact) mass is 400 g/mol. The molecule has 5 heteroatoms. The Morgan fingerprint density at radius 3 is 2.47 bits per heavy atom. The molecular weight excluding hydrogens is 372 g/mol. The topological polar surface area (TPSA) is 48.5 Å². The molecule has 4 rings (SSSR count). The quantitative estimate of drug-likeness (QED) is 0.686. The minimum absolute atomic E-state index is 0.0510. The highest BCUT2D eigenvalue weighted by Gasteiger charge is 2.17. The van der Waals surface area contributed by atoms with Gasteiger partial charge in [0.05, 0.1) is 0 Å². The lowest BCUT2D eigenvalue weighted by Crippen LogP contribution is -2.46. The average Bonchev–Trinajstić information content (AvgIpc) is 2.79. The van der Waals surface area contributed by atoms with Crippen LogP contribution >= 0.6 is 0 Å². The predicted molar refractivity (Wildman–Crippen MR) is 121 cm³/mol. The Bertz CT molecular complexity index is 964. The maximum absolute atomic E-state index is 12.5. The number of piperazine rings is 1. The summed E-state index contributed by atoms with van der Waals surface area (Å²) in [6.45, 7) is 7.55. The number of hydrogen-bond donors (Lipinski definition) is 1. The Morgan fingerprint density at radius 2 is 1.73 bits per heavy atom. The molecule has 1 aliphatic rings. The van der Waals surface area contributed by atoms with Crippen LogP contribution in [-0.2, 0) is 13.1 Å². The zero-order valence-electron chi connectivity index (χ0n) is 17.4. The van der Waals surface area contributed by atoms with E-state index in [2.05, 4.69) is 57.4 Å². The fourth-order valence-corrected chi connectivity index (χ4v) is 3.78. The first-order valence-corrected chi connectivity index (χ1v) is 10.5. The van der Waals surface area contributed by atoms with Crippen LogP contribution in [-0.4, -0.2) is 42.0 Å². The van der Waals surface area contributed by atoms with Crippen molar-refractivity contribution in [1.29, 1.82) is 0 Å². The second-order valence-corrected chi connectivity index (χ2v) is 7.84. The second-order valence-electron chi connectivity index (χ2n) is 7.84. The Hall–Kier alpha value is -3.18. The molecule has 0 saturated carbocycles. The van der Waals surface area contributed by atoms with Gasteiger partial charge < -0.3 is 10.2 Å². The lowest BCUT2D eigenvalue weighted by molar-refractivity contribution is 0.0950. The molecule has 0 unspecified atom stereocenters. The summed E-state index contributed by atoms with van der Waals surface area (Å²) in [5, 5.41) is 2.97. The van der Waals surface area contributed by atoms with E-state index in [1.54, 1.807) is 12.4 Å². The summed E-state index contributed by atoms with van der Waals surface area (Å²) in [5.41, 5.74) is 5.46. The predicted octanol–water partition coefficient (Wildman–Crippen LogP) is 3.64. The number of nitrogens with zero attached hydrogens (tertiary/aromatic N) is 3. The number of pyridine rings is 1. The van der Waals surface area contributed by atoms with E-state index in [1.165, 1.54) is 16.8 Å². The molecule has 30 heavy (non-hydrogen) atoms. The molecule has 154 valence electrons. The van der Waals surface area contributed by atoms with E-state index in [-0.39, 0.29) is 5.91 Å². The molecule has 0 bridgehead atoms. The first kappa shape index (κ1) is 20.1. The van der Waals surface area contributed by atoms with Crippen molar-refractivity contribution >= 4 is 11.6 Å². The van der Waals surface area contributed by atoms with E-state index in [9.17, 15) is 4.79 Å². The van der Waals surface area contributed by atoms with Crippen molar-refractivity contribution in [2.75, 3.05) is 31.1 Å². The summed E-state index contributed by atoms with van der Waals surface area (Å²) in [6.07, 6.45) is 3.50. The number of amides is 1. The van der Waals surface area contributed by atoms with Crippen LogP contribution in [0.4, 0.5) is 5.69 Å². The van der Waals surface area contributed by atoms with Crippen molar-refractivity contribution in [2.24, 2.45) is 0 Å². The van der Waals surface area contributed by atoms with Gasteiger partial charge in [-0.3, -0.25) is 14.7 Å². The van der Waals surface area contributed by atoms with E-state index >= 15 is 0 Å². The maximum atomic E-state index is 12.5.